The van der Waals surface area contributed by atoms with Gasteiger partial charge in [0.05, 0.1) is 18.8 Å². The molecule has 2 atom stereocenters. The molecule has 1 aromatic carbocycles. The summed E-state index contributed by atoms with van der Waals surface area (Å²) in [6.07, 6.45) is 7.22. The Labute approximate surface area is 167 Å². The number of amides is 1. The van der Waals surface area contributed by atoms with Crippen molar-refractivity contribution >= 4 is 12.1 Å². The summed E-state index contributed by atoms with van der Waals surface area (Å²) >= 11 is 0. The molecule has 1 N–H and O–H groups in total. The summed E-state index contributed by atoms with van der Waals surface area (Å²) in [5.74, 6) is -0.148. The van der Waals surface area contributed by atoms with Gasteiger partial charge in [-0.2, -0.15) is 0 Å². The zero-order valence-corrected chi connectivity index (χ0v) is 16.6. The fraction of sp³-hybridized carbons (Fsp3) is 0.545. The number of ether oxygens (including phenoxy) is 2. The molecular formula is C22H31NO5. The summed E-state index contributed by atoms with van der Waals surface area (Å²) in [4.78, 5) is 24.9. The third kappa shape index (κ3) is 7.72. The third-order valence-corrected chi connectivity index (χ3v) is 4.69. The predicted molar refractivity (Wildman–Crippen MR) is 107 cm³/mol. The van der Waals surface area contributed by atoms with Gasteiger partial charge in [-0.05, 0) is 25.3 Å². The van der Waals surface area contributed by atoms with Crippen LogP contribution < -0.4 is 0 Å². The highest BCUT2D eigenvalue weighted by Gasteiger charge is 2.30. The van der Waals surface area contributed by atoms with Gasteiger partial charge >= 0.3 is 12.1 Å². The highest BCUT2D eigenvalue weighted by molar-refractivity contribution is 5.70. The number of carbonyl (C=O) groups excluding carboxylic acids is 2. The van der Waals surface area contributed by atoms with Gasteiger partial charge in [0.15, 0.2) is 0 Å². The monoisotopic (exact) mass is 389 g/mol. The number of cyclic esters (lactones) is 1. The van der Waals surface area contributed by atoms with Crippen LogP contribution in [0.4, 0.5) is 4.79 Å². The minimum atomic E-state index is -0.595. The largest absolute Gasteiger partial charge is 0.466 e. The third-order valence-electron chi connectivity index (χ3n) is 4.69. The summed E-state index contributed by atoms with van der Waals surface area (Å²) in [5, 5.41) is 10.2. The van der Waals surface area contributed by atoms with Crippen LogP contribution in [-0.4, -0.2) is 54.0 Å². The average Bonchev–Trinajstić information content (AvgIpc) is 3.03. The lowest BCUT2D eigenvalue weighted by atomic mass is 10.1. The molecule has 1 saturated heterocycles. The van der Waals surface area contributed by atoms with Crippen LogP contribution in [0, 0.1) is 0 Å². The number of esters is 1. The number of nitrogens with zero attached hydrogens (tertiary/aromatic N) is 1. The number of hydrogen-bond donors (Lipinski definition) is 1. The van der Waals surface area contributed by atoms with Crippen molar-refractivity contribution in [2.45, 2.75) is 57.6 Å². The SMILES string of the molecule is CCOC(=O)CCCCCCN1C(=O)OCC1/C=C/[C@@H](O)Cc1ccccc1. The zero-order valence-electron chi connectivity index (χ0n) is 16.6. The van der Waals surface area contributed by atoms with E-state index < -0.39 is 6.10 Å². The van der Waals surface area contributed by atoms with E-state index in [4.69, 9.17) is 9.47 Å². The van der Waals surface area contributed by atoms with Crippen molar-refractivity contribution in [3.05, 3.63) is 48.0 Å². The normalized spacial score (nSPS) is 17.7. The second-order valence-electron chi connectivity index (χ2n) is 6.95. The standard InChI is InChI=1S/C22H31NO5/c1-2-27-21(25)12-8-3-4-9-15-23-19(17-28-22(23)26)13-14-20(24)16-18-10-6-5-7-11-18/h5-7,10-11,13-14,19-20,24H,2-4,8-9,12,15-17H2,1H3/b14-13+/t19?,20-/m1/s1. The van der Waals surface area contributed by atoms with Crippen LogP contribution >= 0.6 is 0 Å². The fourth-order valence-electron chi connectivity index (χ4n) is 3.20. The molecule has 1 aromatic rings. The first-order valence-electron chi connectivity index (χ1n) is 10.1. The molecule has 6 heteroatoms. The van der Waals surface area contributed by atoms with Gasteiger partial charge in [-0.15, -0.1) is 0 Å². The molecule has 1 aliphatic heterocycles. The molecule has 1 aliphatic rings. The van der Waals surface area contributed by atoms with Gasteiger partial charge in [0.2, 0.25) is 0 Å². The molecule has 2 rings (SSSR count). The van der Waals surface area contributed by atoms with Gasteiger partial charge in [0, 0.05) is 19.4 Å². The number of rotatable bonds is 12. The Hall–Kier alpha value is -2.34. The lowest BCUT2D eigenvalue weighted by molar-refractivity contribution is -0.143. The van der Waals surface area contributed by atoms with Crippen molar-refractivity contribution < 1.29 is 24.2 Å². The van der Waals surface area contributed by atoms with Crippen LogP contribution in [-0.2, 0) is 20.7 Å². The average molecular weight is 389 g/mol. The molecule has 0 spiro atoms. The predicted octanol–water partition coefficient (Wildman–Crippen LogP) is 3.48. The molecule has 0 aromatic heterocycles. The summed E-state index contributed by atoms with van der Waals surface area (Å²) in [5.41, 5.74) is 1.07. The Bertz CT molecular complexity index is 631. The molecule has 6 nitrogen and oxygen atoms in total. The minimum Gasteiger partial charge on any atom is -0.466 e. The lowest BCUT2D eigenvalue weighted by Crippen LogP contribution is -2.33. The Morgan fingerprint density at radius 1 is 1.29 bits per heavy atom. The van der Waals surface area contributed by atoms with E-state index in [-0.39, 0.29) is 18.1 Å². The smallest absolute Gasteiger partial charge is 0.410 e. The minimum absolute atomic E-state index is 0.141. The van der Waals surface area contributed by atoms with Gasteiger partial charge in [0.1, 0.15) is 6.61 Å². The van der Waals surface area contributed by atoms with Crippen molar-refractivity contribution in [2.75, 3.05) is 19.8 Å². The molecule has 1 heterocycles. The van der Waals surface area contributed by atoms with Gasteiger partial charge < -0.3 is 14.6 Å². The second-order valence-corrected chi connectivity index (χ2v) is 6.95. The van der Waals surface area contributed by atoms with E-state index in [1.807, 2.05) is 36.4 Å². The maximum Gasteiger partial charge on any atom is 0.410 e. The Kier molecular flexibility index (Phi) is 9.55. The van der Waals surface area contributed by atoms with Crippen LogP contribution in [0.2, 0.25) is 0 Å². The Morgan fingerprint density at radius 2 is 2.04 bits per heavy atom. The van der Waals surface area contributed by atoms with E-state index in [1.165, 1.54) is 0 Å². The van der Waals surface area contributed by atoms with Crippen molar-refractivity contribution in [1.82, 2.24) is 4.90 Å². The summed E-state index contributed by atoms with van der Waals surface area (Å²) < 4.78 is 10.1. The lowest BCUT2D eigenvalue weighted by Gasteiger charge is -2.19. The summed E-state index contributed by atoms with van der Waals surface area (Å²) in [6.45, 7) is 3.15. The molecule has 28 heavy (non-hydrogen) atoms. The molecule has 0 radical (unpaired) electrons. The van der Waals surface area contributed by atoms with Crippen molar-refractivity contribution in [3.63, 3.8) is 0 Å². The molecule has 0 saturated carbocycles. The highest BCUT2D eigenvalue weighted by atomic mass is 16.6. The summed E-state index contributed by atoms with van der Waals surface area (Å²) in [6, 6.07) is 9.66. The van der Waals surface area contributed by atoms with Crippen molar-refractivity contribution in [2.24, 2.45) is 0 Å². The van der Waals surface area contributed by atoms with Gasteiger partial charge in [-0.1, -0.05) is 55.3 Å². The molecular weight excluding hydrogens is 358 g/mol. The topological polar surface area (TPSA) is 76.1 Å². The molecule has 1 unspecified atom stereocenters. The quantitative estimate of drug-likeness (QED) is 0.336. The van der Waals surface area contributed by atoms with Crippen LogP contribution in [0.5, 0.6) is 0 Å². The second kappa shape index (κ2) is 12.2. The van der Waals surface area contributed by atoms with Gasteiger partial charge in [-0.25, -0.2) is 4.79 Å². The fourth-order valence-corrected chi connectivity index (χ4v) is 3.20. The van der Waals surface area contributed by atoms with E-state index >= 15 is 0 Å². The molecule has 154 valence electrons. The number of unbranched alkanes of at least 4 members (excludes halogenated alkanes) is 3. The Balaban J connectivity index is 1.69. The van der Waals surface area contributed by atoms with Crippen LogP contribution in [0.3, 0.4) is 0 Å². The number of aliphatic hydroxyl groups excluding tert-OH is 1. The first-order valence-corrected chi connectivity index (χ1v) is 10.1. The van der Waals surface area contributed by atoms with Crippen LogP contribution in [0.15, 0.2) is 42.5 Å². The van der Waals surface area contributed by atoms with E-state index in [9.17, 15) is 14.7 Å². The van der Waals surface area contributed by atoms with E-state index in [0.717, 1.165) is 31.2 Å². The van der Waals surface area contributed by atoms with E-state index in [1.54, 1.807) is 17.9 Å². The highest BCUT2D eigenvalue weighted by Crippen LogP contribution is 2.16. The summed E-state index contributed by atoms with van der Waals surface area (Å²) in [7, 11) is 0. The zero-order chi connectivity index (χ0) is 20.2. The number of benzene rings is 1. The first-order chi connectivity index (χ1) is 13.6. The first kappa shape index (κ1) is 22.0. The van der Waals surface area contributed by atoms with Gasteiger partial charge in [0.25, 0.3) is 0 Å². The van der Waals surface area contributed by atoms with Crippen molar-refractivity contribution in [3.8, 4) is 0 Å². The number of hydrogen-bond acceptors (Lipinski definition) is 5. The molecule has 1 fully saturated rings. The molecule has 0 aliphatic carbocycles. The maximum absolute atomic E-state index is 11.9. The van der Waals surface area contributed by atoms with Crippen molar-refractivity contribution in [1.29, 1.82) is 0 Å². The number of carbonyl (C=O) groups is 2. The van der Waals surface area contributed by atoms with Gasteiger partial charge in [-0.3, -0.25) is 9.69 Å². The number of aliphatic hydroxyl groups is 1. The van der Waals surface area contributed by atoms with E-state index in [2.05, 4.69) is 0 Å². The van der Waals surface area contributed by atoms with Crippen LogP contribution in [0.1, 0.15) is 44.6 Å². The van der Waals surface area contributed by atoms with Crippen LogP contribution in [0.25, 0.3) is 0 Å². The van der Waals surface area contributed by atoms with E-state index in [0.29, 0.717) is 32.6 Å². The Morgan fingerprint density at radius 3 is 2.79 bits per heavy atom. The molecule has 0 bridgehead atoms. The maximum atomic E-state index is 11.9. The molecule has 1 amide bonds.